The summed E-state index contributed by atoms with van der Waals surface area (Å²) in [4.78, 5) is 0.242. The lowest BCUT2D eigenvalue weighted by molar-refractivity contribution is 0.285. The zero-order valence-electron chi connectivity index (χ0n) is 13.2. The first-order valence-electron chi connectivity index (χ1n) is 7.67. The number of aryl methyl sites for hydroxylation is 1. The van der Waals surface area contributed by atoms with E-state index in [9.17, 15) is 8.42 Å². The molecule has 0 spiro atoms. The largest absolute Gasteiger partial charge is 0.398 e. The van der Waals surface area contributed by atoms with E-state index in [1.165, 1.54) is 12.8 Å². The van der Waals surface area contributed by atoms with Gasteiger partial charge in [-0.25, -0.2) is 13.1 Å². The fourth-order valence-corrected chi connectivity index (χ4v) is 4.85. The second kappa shape index (κ2) is 5.97. The summed E-state index contributed by atoms with van der Waals surface area (Å²) in [6.45, 7) is 6.37. The van der Waals surface area contributed by atoms with Gasteiger partial charge in [-0.05, 0) is 55.7 Å². The Morgan fingerprint density at radius 2 is 1.86 bits per heavy atom. The first kappa shape index (κ1) is 16.3. The topological polar surface area (TPSA) is 72.2 Å². The molecule has 0 atom stereocenters. The summed E-state index contributed by atoms with van der Waals surface area (Å²) in [5.41, 5.74) is 8.03. The van der Waals surface area contributed by atoms with Gasteiger partial charge in [-0.1, -0.05) is 25.8 Å². The van der Waals surface area contributed by atoms with Gasteiger partial charge in [-0.15, -0.1) is 0 Å². The lowest BCUT2D eigenvalue weighted by Crippen LogP contribution is -2.36. The van der Waals surface area contributed by atoms with Gasteiger partial charge in [-0.3, -0.25) is 0 Å². The molecule has 0 saturated heterocycles. The molecule has 1 aliphatic rings. The molecule has 21 heavy (non-hydrogen) atoms. The average molecular weight is 310 g/mol. The van der Waals surface area contributed by atoms with Gasteiger partial charge in [-0.2, -0.15) is 0 Å². The van der Waals surface area contributed by atoms with Crippen molar-refractivity contribution in [3.05, 3.63) is 23.3 Å². The minimum atomic E-state index is -3.55. The Balaban J connectivity index is 2.25. The highest BCUT2D eigenvalue weighted by Gasteiger charge is 2.34. The monoisotopic (exact) mass is 310 g/mol. The maximum Gasteiger partial charge on any atom is 0.242 e. The van der Waals surface area contributed by atoms with Crippen LogP contribution in [0, 0.1) is 19.3 Å². The second-order valence-corrected chi connectivity index (χ2v) is 8.01. The van der Waals surface area contributed by atoms with Gasteiger partial charge in [0.2, 0.25) is 10.0 Å². The summed E-state index contributed by atoms with van der Waals surface area (Å²) in [5, 5.41) is 0. The van der Waals surface area contributed by atoms with Crippen molar-refractivity contribution in [1.29, 1.82) is 0 Å². The van der Waals surface area contributed by atoms with Crippen LogP contribution in [-0.2, 0) is 10.0 Å². The highest BCUT2D eigenvalue weighted by molar-refractivity contribution is 7.89. The molecule has 0 bridgehead atoms. The number of sulfonamides is 1. The van der Waals surface area contributed by atoms with Crippen LogP contribution in [0.3, 0.4) is 0 Å². The third-order valence-corrected chi connectivity index (χ3v) is 6.63. The van der Waals surface area contributed by atoms with Crippen LogP contribution < -0.4 is 10.5 Å². The summed E-state index contributed by atoms with van der Waals surface area (Å²) in [5.74, 6) is 0. The molecule has 3 N–H and O–H groups in total. The van der Waals surface area contributed by atoms with Crippen LogP contribution in [0.25, 0.3) is 0 Å². The molecule has 0 unspecified atom stereocenters. The maximum absolute atomic E-state index is 12.6. The second-order valence-electron chi connectivity index (χ2n) is 6.31. The predicted molar refractivity (Wildman–Crippen MR) is 86.7 cm³/mol. The third-order valence-electron chi connectivity index (χ3n) is 5.03. The highest BCUT2D eigenvalue weighted by atomic mass is 32.2. The van der Waals surface area contributed by atoms with Crippen molar-refractivity contribution in [3.63, 3.8) is 0 Å². The summed E-state index contributed by atoms with van der Waals surface area (Å²) in [6.07, 6.45) is 5.61. The molecular formula is C16H26N2O2S. The zero-order chi connectivity index (χ0) is 15.7. The molecule has 118 valence electrons. The molecule has 0 radical (unpaired) electrons. The van der Waals surface area contributed by atoms with Crippen LogP contribution in [0.1, 0.15) is 50.2 Å². The maximum atomic E-state index is 12.6. The standard InChI is InChI=1S/C16H26N2O2S/c1-4-16(9-5-6-10-16)11-18-21(19,20)15-13(3)12(2)7-8-14(15)17/h7-8,18H,4-6,9-11,17H2,1-3H3. The van der Waals surface area contributed by atoms with E-state index in [1.807, 2.05) is 19.9 Å². The van der Waals surface area contributed by atoms with Crippen LogP contribution in [-0.4, -0.2) is 15.0 Å². The van der Waals surface area contributed by atoms with Crippen LogP contribution in [0.2, 0.25) is 0 Å². The van der Waals surface area contributed by atoms with E-state index in [0.29, 0.717) is 12.2 Å². The Bertz CT molecular complexity index is 617. The molecule has 5 heteroatoms. The van der Waals surface area contributed by atoms with Gasteiger partial charge >= 0.3 is 0 Å². The lowest BCUT2D eigenvalue weighted by Gasteiger charge is -2.28. The lowest BCUT2D eigenvalue weighted by atomic mass is 9.84. The number of nitrogens with one attached hydrogen (secondary N) is 1. The van der Waals surface area contributed by atoms with Crippen molar-refractivity contribution in [2.45, 2.75) is 57.8 Å². The molecular weight excluding hydrogens is 284 g/mol. The van der Waals surface area contributed by atoms with Gasteiger partial charge in [0.25, 0.3) is 0 Å². The van der Waals surface area contributed by atoms with E-state index in [-0.39, 0.29) is 10.3 Å². The number of rotatable bonds is 5. The first-order chi connectivity index (χ1) is 9.81. The van der Waals surface area contributed by atoms with Gasteiger partial charge in [0, 0.05) is 6.54 Å². The van der Waals surface area contributed by atoms with Crippen molar-refractivity contribution in [3.8, 4) is 0 Å². The number of nitrogens with two attached hydrogens (primary N) is 1. The Hall–Kier alpha value is -1.07. The van der Waals surface area contributed by atoms with E-state index in [1.54, 1.807) is 6.07 Å². The quantitative estimate of drug-likeness (QED) is 0.821. The van der Waals surface area contributed by atoms with E-state index >= 15 is 0 Å². The predicted octanol–water partition coefficient (Wildman–Crippen LogP) is 3.13. The van der Waals surface area contributed by atoms with Gasteiger partial charge < -0.3 is 5.73 Å². The molecule has 0 aliphatic heterocycles. The SMILES string of the molecule is CCC1(CNS(=O)(=O)c2c(N)ccc(C)c2C)CCCC1. The van der Waals surface area contributed by atoms with Crippen LogP contribution >= 0.6 is 0 Å². The van der Waals surface area contributed by atoms with E-state index in [2.05, 4.69) is 11.6 Å². The Kier molecular flexibility index (Phi) is 4.63. The van der Waals surface area contributed by atoms with E-state index in [4.69, 9.17) is 5.73 Å². The van der Waals surface area contributed by atoms with E-state index < -0.39 is 10.0 Å². The average Bonchev–Trinajstić information content (AvgIpc) is 2.91. The third kappa shape index (κ3) is 3.24. The molecule has 1 aliphatic carbocycles. The smallest absolute Gasteiger partial charge is 0.242 e. The molecule has 1 saturated carbocycles. The summed E-state index contributed by atoms with van der Waals surface area (Å²) in [7, 11) is -3.55. The molecule has 4 nitrogen and oxygen atoms in total. The molecule has 0 aromatic heterocycles. The van der Waals surface area contributed by atoms with Crippen LogP contribution in [0.5, 0.6) is 0 Å². The number of anilines is 1. The molecule has 1 aromatic carbocycles. The number of benzene rings is 1. The number of nitrogen functional groups attached to an aromatic ring is 1. The normalized spacial score (nSPS) is 18.0. The van der Waals surface area contributed by atoms with Crippen molar-refractivity contribution in [2.24, 2.45) is 5.41 Å². The molecule has 1 fully saturated rings. The summed E-state index contributed by atoms with van der Waals surface area (Å²) < 4.78 is 28.1. The minimum Gasteiger partial charge on any atom is -0.398 e. The Morgan fingerprint density at radius 3 is 2.43 bits per heavy atom. The van der Waals surface area contributed by atoms with Crippen LogP contribution in [0.15, 0.2) is 17.0 Å². The minimum absolute atomic E-state index is 0.125. The van der Waals surface area contributed by atoms with Crippen molar-refractivity contribution in [2.75, 3.05) is 12.3 Å². The highest BCUT2D eigenvalue weighted by Crippen LogP contribution is 2.40. The van der Waals surface area contributed by atoms with Crippen LogP contribution in [0.4, 0.5) is 5.69 Å². The number of hydrogen-bond acceptors (Lipinski definition) is 3. The first-order valence-corrected chi connectivity index (χ1v) is 9.15. The fraction of sp³-hybridized carbons (Fsp3) is 0.625. The molecule has 2 rings (SSSR count). The van der Waals surface area contributed by atoms with Crippen molar-refractivity contribution >= 4 is 15.7 Å². The van der Waals surface area contributed by atoms with Crippen molar-refractivity contribution in [1.82, 2.24) is 4.72 Å². The summed E-state index contributed by atoms with van der Waals surface area (Å²) >= 11 is 0. The van der Waals surface area contributed by atoms with Crippen molar-refractivity contribution < 1.29 is 8.42 Å². The van der Waals surface area contributed by atoms with E-state index in [0.717, 1.165) is 30.4 Å². The van der Waals surface area contributed by atoms with Gasteiger partial charge in [0.15, 0.2) is 0 Å². The Morgan fingerprint density at radius 1 is 1.24 bits per heavy atom. The molecule has 0 amide bonds. The summed E-state index contributed by atoms with van der Waals surface area (Å²) in [6, 6.07) is 3.52. The number of hydrogen-bond donors (Lipinski definition) is 2. The molecule has 1 aromatic rings. The van der Waals surface area contributed by atoms with Gasteiger partial charge in [0.05, 0.1) is 5.69 Å². The zero-order valence-corrected chi connectivity index (χ0v) is 14.0. The van der Waals surface area contributed by atoms with Gasteiger partial charge in [0.1, 0.15) is 4.90 Å². The fourth-order valence-electron chi connectivity index (χ4n) is 3.27. The Labute approximate surface area is 128 Å². The molecule has 0 heterocycles.